The molecule has 1 unspecified atom stereocenters. The van der Waals surface area contributed by atoms with Crippen molar-refractivity contribution in [3.63, 3.8) is 0 Å². The van der Waals surface area contributed by atoms with Gasteiger partial charge in [0.1, 0.15) is 0 Å². The fourth-order valence-electron chi connectivity index (χ4n) is 1.80. The summed E-state index contributed by atoms with van der Waals surface area (Å²) in [5.41, 5.74) is 1.10. The van der Waals surface area contributed by atoms with Gasteiger partial charge in [-0.15, -0.1) is 11.3 Å². The predicted octanol–water partition coefficient (Wildman–Crippen LogP) is 2.38. The van der Waals surface area contributed by atoms with Gasteiger partial charge in [0.15, 0.2) is 4.34 Å². The normalized spacial score (nSPS) is 20.8. The van der Waals surface area contributed by atoms with Crippen LogP contribution in [0.25, 0.3) is 10.2 Å². The van der Waals surface area contributed by atoms with Gasteiger partial charge in [-0.2, -0.15) is 0 Å². The summed E-state index contributed by atoms with van der Waals surface area (Å²) in [4.78, 5) is 4.60. The Morgan fingerprint density at radius 1 is 1.47 bits per heavy atom. The van der Waals surface area contributed by atoms with Crippen molar-refractivity contribution in [2.45, 2.75) is 10.4 Å². The number of nitrogens with one attached hydrogen (secondary N) is 1. The van der Waals surface area contributed by atoms with Crippen LogP contribution in [0, 0.1) is 0 Å². The standard InChI is InChI=1S/C12H14N2OS2/c1-2-4-11-10(3-1)14-12(17-11)16-8-9-7-13-5-6-15-9/h1-4,9,13H,5-8H2. The van der Waals surface area contributed by atoms with E-state index in [2.05, 4.69) is 28.5 Å². The Hall–Kier alpha value is -0.620. The van der Waals surface area contributed by atoms with E-state index in [9.17, 15) is 0 Å². The monoisotopic (exact) mass is 266 g/mol. The van der Waals surface area contributed by atoms with Gasteiger partial charge in [-0.25, -0.2) is 4.98 Å². The zero-order valence-electron chi connectivity index (χ0n) is 9.39. The second-order valence-electron chi connectivity index (χ2n) is 3.96. The zero-order chi connectivity index (χ0) is 11.5. The fourth-order valence-corrected chi connectivity index (χ4v) is 3.92. The molecule has 1 N–H and O–H groups in total. The molecule has 0 spiro atoms. The van der Waals surface area contributed by atoms with Crippen molar-refractivity contribution in [2.24, 2.45) is 0 Å². The molecule has 0 radical (unpaired) electrons. The Kier molecular flexibility index (Phi) is 3.61. The lowest BCUT2D eigenvalue weighted by molar-refractivity contribution is 0.0441. The van der Waals surface area contributed by atoms with Gasteiger partial charge in [0.25, 0.3) is 0 Å². The van der Waals surface area contributed by atoms with Gasteiger partial charge in [-0.05, 0) is 12.1 Å². The number of rotatable bonds is 3. The first-order chi connectivity index (χ1) is 8.42. The first kappa shape index (κ1) is 11.5. The molecule has 0 bridgehead atoms. The highest BCUT2D eigenvalue weighted by molar-refractivity contribution is 8.01. The maximum atomic E-state index is 5.67. The van der Waals surface area contributed by atoms with Gasteiger partial charge in [-0.3, -0.25) is 0 Å². The highest BCUT2D eigenvalue weighted by Crippen LogP contribution is 2.29. The minimum Gasteiger partial charge on any atom is -0.375 e. The van der Waals surface area contributed by atoms with Crippen LogP contribution in [0.1, 0.15) is 0 Å². The van der Waals surface area contributed by atoms with E-state index in [0.717, 1.165) is 35.3 Å². The SMILES string of the molecule is c1ccc2sc(SCC3CNCCO3)nc2c1. The van der Waals surface area contributed by atoms with Gasteiger partial charge < -0.3 is 10.1 Å². The summed E-state index contributed by atoms with van der Waals surface area (Å²) in [5.74, 6) is 0.979. The van der Waals surface area contributed by atoms with E-state index in [1.54, 1.807) is 23.1 Å². The Morgan fingerprint density at radius 2 is 2.41 bits per heavy atom. The maximum absolute atomic E-state index is 5.67. The van der Waals surface area contributed by atoms with Crippen molar-refractivity contribution in [3.05, 3.63) is 24.3 Å². The van der Waals surface area contributed by atoms with Crippen LogP contribution in [0.15, 0.2) is 28.6 Å². The fraction of sp³-hybridized carbons (Fsp3) is 0.417. The lowest BCUT2D eigenvalue weighted by atomic mass is 10.3. The third kappa shape index (κ3) is 2.80. The summed E-state index contributed by atoms with van der Waals surface area (Å²) < 4.78 is 8.07. The number of thioether (sulfide) groups is 1. The molecule has 2 aromatic rings. The Labute approximate surface area is 109 Å². The topological polar surface area (TPSA) is 34.1 Å². The number of ether oxygens (including phenoxy) is 1. The van der Waals surface area contributed by atoms with Gasteiger partial charge >= 0.3 is 0 Å². The van der Waals surface area contributed by atoms with E-state index >= 15 is 0 Å². The maximum Gasteiger partial charge on any atom is 0.151 e. The van der Waals surface area contributed by atoms with E-state index in [0.29, 0.717) is 6.10 Å². The number of fused-ring (bicyclic) bond motifs is 1. The number of para-hydroxylation sites is 1. The summed E-state index contributed by atoms with van der Waals surface area (Å²) in [6.45, 7) is 2.76. The molecule has 1 aliphatic heterocycles. The Morgan fingerprint density at radius 3 is 3.24 bits per heavy atom. The summed E-state index contributed by atoms with van der Waals surface area (Å²) in [7, 11) is 0. The number of nitrogens with zero attached hydrogens (tertiary/aromatic N) is 1. The van der Waals surface area contributed by atoms with Crippen molar-refractivity contribution < 1.29 is 4.74 Å². The molecule has 0 amide bonds. The Bertz CT molecular complexity index is 461. The second kappa shape index (κ2) is 5.35. The van der Waals surface area contributed by atoms with Crippen molar-refractivity contribution in [3.8, 4) is 0 Å². The minimum atomic E-state index is 0.320. The quantitative estimate of drug-likeness (QED) is 0.865. The number of hydrogen-bond acceptors (Lipinski definition) is 5. The van der Waals surface area contributed by atoms with Crippen LogP contribution >= 0.6 is 23.1 Å². The molecular formula is C12H14N2OS2. The molecule has 17 heavy (non-hydrogen) atoms. The molecule has 1 saturated heterocycles. The first-order valence-corrected chi connectivity index (χ1v) is 7.53. The summed E-state index contributed by atoms with van der Waals surface area (Å²) >= 11 is 3.56. The van der Waals surface area contributed by atoms with Crippen molar-refractivity contribution in [1.82, 2.24) is 10.3 Å². The average molecular weight is 266 g/mol. The van der Waals surface area contributed by atoms with Crippen LogP contribution in [0.4, 0.5) is 0 Å². The van der Waals surface area contributed by atoms with E-state index in [-0.39, 0.29) is 0 Å². The van der Waals surface area contributed by atoms with Crippen LogP contribution in [0.5, 0.6) is 0 Å². The molecule has 1 atom stereocenters. The summed E-state index contributed by atoms with van der Waals surface area (Å²) in [6, 6.07) is 8.28. The van der Waals surface area contributed by atoms with Gasteiger partial charge in [0.2, 0.25) is 0 Å². The number of aromatic nitrogens is 1. The van der Waals surface area contributed by atoms with Gasteiger partial charge in [0, 0.05) is 18.8 Å². The summed E-state index contributed by atoms with van der Waals surface area (Å²) in [6.07, 6.45) is 0.320. The summed E-state index contributed by atoms with van der Waals surface area (Å²) in [5, 5.41) is 3.34. The van der Waals surface area contributed by atoms with E-state index in [4.69, 9.17) is 4.74 Å². The van der Waals surface area contributed by atoms with Crippen LogP contribution < -0.4 is 5.32 Å². The Balaban J connectivity index is 1.64. The molecule has 3 rings (SSSR count). The molecule has 1 aromatic carbocycles. The van der Waals surface area contributed by atoms with Crippen LogP contribution in [-0.2, 0) is 4.74 Å². The molecule has 0 saturated carbocycles. The molecule has 90 valence electrons. The van der Waals surface area contributed by atoms with Gasteiger partial charge in [-0.1, -0.05) is 23.9 Å². The second-order valence-corrected chi connectivity index (χ2v) is 6.25. The van der Waals surface area contributed by atoms with E-state index in [1.165, 1.54) is 4.70 Å². The largest absolute Gasteiger partial charge is 0.375 e. The van der Waals surface area contributed by atoms with Gasteiger partial charge in [0.05, 0.1) is 22.9 Å². The molecule has 3 nitrogen and oxygen atoms in total. The third-order valence-corrected chi connectivity index (χ3v) is 4.98. The third-order valence-electron chi connectivity index (χ3n) is 2.67. The molecule has 5 heteroatoms. The minimum absolute atomic E-state index is 0.320. The van der Waals surface area contributed by atoms with Crippen molar-refractivity contribution >= 4 is 33.3 Å². The zero-order valence-corrected chi connectivity index (χ0v) is 11.0. The van der Waals surface area contributed by atoms with Crippen molar-refractivity contribution in [2.75, 3.05) is 25.4 Å². The van der Waals surface area contributed by atoms with E-state index < -0.39 is 0 Å². The molecule has 1 aromatic heterocycles. The van der Waals surface area contributed by atoms with Crippen LogP contribution in [-0.4, -0.2) is 36.5 Å². The molecule has 0 aliphatic carbocycles. The van der Waals surface area contributed by atoms with Crippen molar-refractivity contribution in [1.29, 1.82) is 0 Å². The number of hydrogen-bond donors (Lipinski definition) is 1. The lowest BCUT2D eigenvalue weighted by Gasteiger charge is -2.22. The number of benzene rings is 1. The molecule has 2 heterocycles. The molecular weight excluding hydrogens is 252 g/mol. The highest BCUT2D eigenvalue weighted by Gasteiger charge is 2.14. The molecule has 1 aliphatic rings. The lowest BCUT2D eigenvalue weighted by Crippen LogP contribution is -2.39. The first-order valence-electron chi connectivity index (χ1n) is 5.72. The van der Waals surface area contributed by atoms with E-state index in [1.807, 2.05) is 6.07 Å². The van der Waals surface area contributed by atoms with Crippen LogP contribution in [0.3, 0.4) is 0 Å². The number of morpholine rings is 1. The molecule has 1 fully saturated rings. The van der Waals surface area contributed by atoms with Crippen LogP contribution in [0.2, 0.25) is 0 Å². The highest BCUT2D eigenvalue weighted by atomic mass is 32.2. The average Bonchev–Trinajstić information content (AvgIpc) is 2.80. The smallest absolute Gasteiger partial charge is 0.151 e. The number of thiazole rings is 1. The predicted molar refractivity (Wildman–Crippen MR) is 73.0 cm³/mol.